The van der Waals surface area contributed by atoms with E-state index in [-0.39, 0.29) is 5.92 Å². The number of hydrazone groups is 1. The molecule has 0 saturated carbocycles. The number of nitrogens with one attached hydrogen (secondary N) is 2. The molecule has 6 nitrogen and oxygen atoms in total. The fourth-order valence-corrected chi connectivity index (χ4v) is 4.67. The highest BCUT2D eigenvalue weighted by atomic mass is 35.5. The summed E-state index contributed by atoms with van der Waals surface area (Å²) >= 11 is 18.6. The quantitative estimate of drug-likeness (QED) is 0.191. The van der Waals surface area contributed by atoms with E-state index in [1.807, 2.05) is 56.4 Å². The number of hydrogen-bond acceptors (Lipinski definition) is 3. The predicted molar refractivity (Wildman–Crippen MR) is 151 cm³/mol. The maximum atomic E-state index is 12.9. The van der Waals surface area contributed by atoms with Crippen molar-refractivity contribution >= 4 is 63.7 Å². The Morgan fingerprint density at radius 1 is 0.973 bits per heavy atom. The van der Waals surface area contributed by atoms with E-state index in [0.29, 0.717) is 27.2 Å². The summed E-state index contributed by atoms with van der Waals surface area (Å²) in [5.74, 6) is -1.02. The molecule has 1 atom stereocenters. The minimum absolute atomic E-state index is 0.173. The van der Waals surface area contributed by atoms with Gasteiger partial charge in [-0.1, -0.05) is 85.0 Å². The highest BCUT2D eigenvalue weighted by molar-refractivity contribution is 6.35. The van der Waals surface area contributed by atoms with Gasteiger partial charge in [0, 0.05) is 39.3 Å². The Labute approximate surface area is 230 Å². The van der Waals surface area contributed by atoms with Gasteiger partial charge in [-0.3, -0.25) is 9.59 Å². The molecule has 0 aliphatic heterocycles. The summed E-state index contributed by atoms with van der Waals surface area (Å²) in [4.78, 5) is 25.6. The zero-order valence-electron chi connectivity index (χ0n) is 20.2. The van der Waals surface area contributed by atoms with Crippen molar-refractivity contribution in [1.29, 1.82) is 0 Å². The molecule has 4 rings (SSSR count). The number of rotatable bonds is 8. The first kappa shape index (κ1) is 26.7. The smallest absolute Gasteiger partial charge is 0.262 e. The zero-order chi connectivity index (χ0) is 26.5. The average Bonchev–Trinajstić information content (AvgIpc) is 3.21. The Morgan fingerprint density at radius 2 is 1.70 bits per heavy atom. The van der Waals surface area contributed by atoms with Crippen LogP contribution in [0.2, 0.25) is 15.1 Å². The van der Waals surface area contributed by atoms with Crippen LogP contribution in [0.25, 0.3) is 10.9 Å². The molecule has 0 aliphatic carbocycles. The molecule has 4 aromatic rings. The SMILES string of the molecule is CC(C)C(NC(=O)c1ccccc1Cl)C(=O)NN=Cc1cn(Cc2ccc(Cl)cc2Cl)c2ccccc12. The van der Waals surface area contributed by atoms with Crippen molar-refractivity contribution in [2.24, 2.45) is 11.0 Å². The maximum Gasteiger partial charge on any atom is 0.262 e. The van der Waals surface area contributed by atoms with Crippen LogP contribution in [-0.4, -0.2) is 28.6 Å². The molecule has 37 heavy (non-hydrogen) atoms. The molecule has 1 heterocycles. The Bertz CT molecular complexity index is 1480. The van der Waals surface area contributed by atoms with Gasteiger partial charge in [0.1, 0.15) is 6.04 Å². The summed E-state index contributed by atoms with van der Waals surface area (Å²) in [6.45, 7) is 4.23. The standard InChI is InChI=1S/C28H25Cl3N4O2/c1-17(2)26(33-27(36)22-8-3-5-9-23(22)30)28(37)34-32-14-19-16-35(25-10-6-4-7-21(19)25)15-18-11-12-20(29)13-24(18)31/h3-14,16-17,26H,15H2,1-2H3,(H,33,36)(H,34,37). The minimum Gasteiger partial charge on any atom is -0.342 e. The van der Waals surface area contributed by atoms with Gasteiger partial charge < -0.3 is 9.88 Å². The number of benzene rings is 3. The molecule has 0 bridgehead atoms. The van der Waals surface area contributed by atoms with Crippen molar-refractivity contribution in [3.63, 3.8) is 0 Å². The Balaban J connectivity index is 1.50. The number of amides is 2. The number of aromatic nitrogens is 1. The first-order valence-corrected chi connectivity index (χ1v) is 12.8. The third kappa shape index (κ3) is 6.34. The molecule has 0 aliphatic rings. The van der Waals surface area contributed by atoms with Crippen molar-refractivity contribution in [3.8, 4) is 0 Å². The van der Waals surface area contributed by atoms with Crippen LogP contribution in [0, 0.1) is 5.92 Å². The average molecular weight is 556 g/mol. The van der Waals surface area contributed by atoms with Crippen molar-refractivity contribution < 1.29 is 9.59 Å². The van der Waals surface area contributed by atoms with Gasteiger partial charge in [-0.25, -0.2) is 5.43 Å². The van der Waals surface area contributed by atoms with Crippen LogP contribution >= 0.6 is 34.8 Å². The summed E-state index contributed by atoms with van der Waals surface area (Å²) in [6.07, 6.45) is 3.54. The van der Waals surface area contributed by atoms with E-state index in [1.54, 1.807) is 36.5 Å². The van der Waals surface area contributed by atoms with Gasteiger partial charge in [0.15, 0.2) is 0 Å². The normalized spacial score (nSPS) is 12.3. The number of fused-ring (bicyclic) bond motifs is 1. The Hall–Kier alpha value is -3.32. The van der Waals surface area contributed by atoms with Gasteiger partial charge >= 0.3 is 0 Å². The highest BCUT2D eigenvalue weighted by Crippen LogP contribution is 2.25. The number of nitrogens with zero attached hydrogens (tertiary/aromatic N) is 2. The van der Waals surface area contributed by atoms with E-state index in [1.165, 1.54) is 0 Å². The van der Waals surface area contributed by atoms with E-state index in [4.69, 9.17) is 34.8 Å². The lowest BCUT2D eigenvalue weighted by molar-refractivity contribution is -0.123. The molecule has 1 aromatic heterocycles. The lowest BCUT2D eigenvalue weighted by atomic mass is 10.0. The Morgan fingerprint density at radius 3 is 2.43 bits per heavy atom. The van der Waals surface area contributed by atoms with Crippen LogP contribution in [-0.2, 0) is 11.3 Å². The van der Waals surface area contributed by atoms with E-state index in [0.717, 1.165) is 22.0 Å². The summed E-state index contributed by atoms with van der Waals surface area (Å²) in [5, 5.41) is 9.40. The molecule has 0 fully saturated rings. The van der Waals surface area contributed by atoms with Crippen LogP contribution in [0.4, 0.5) is 0 Å². The summed E-state index contributed by atoms with van der Waals surface area (Å²) in [5.41, 5.74) is 5.61. The molecule has 190 valence electrons. The minimum atomic E-state index is -0.797. The first-order valence-electron chi connectivity index (χ1n) is 11.6. The topological polar surface area (TPSA) is 75.5 Å². The lowest BCUT2D eigenvalue weighted by Crippen LogP contribution is -2.48. The molecular weight excluding hydrogens is 531 g/mol. The molecule has 9 heteroatoms. The van der Waals surface area contributed by atoms with Crippen LogP contribution < -0.4 is 10.7 Å². The van der Waals surface area contributed by atoms with E-state index < -0.39 is 17.9 Å². The van der Waals surface area contributed by atoms with Crippen molar-refractivity contribution in [2.75, 3.05) is 0 Å². The predicted octanol–water partition coefficient (Wildman–Crippen LogP) is 6.55. The molecule has 3 aromatic carbocycles. The van der Waals surface area contributed by atoms with Crippen molar-refractivity contribution in [2.45, 2.75) is 26.4 Å². The number of hydrogen-bond donors (Lipinski definition) is 2. The zero-order valence-corrected chi connectivity index (χ0v) is 22.5. The molecule has 2 N–H and O–H groups in total. The number of halogens is 3. The van der Waals surface area contributed by atoms with Gasteiger partial charge in [-0.2, -0.15) is 5.10 Å². The number of carbonyl (C=O) groups is 2. The lowest BCUT2D eigenvalue weighted by Gasteiger charge is -2.20. The van der Waals surface area contributed by atoms with Gasteiger partial charge in [0.2, 0.25) is 0 Å². The number of carbonyl (C=O) groups excluding carboxylic acids is 2. The van der Waals surface area contributed by atoms with Crippen LogP contribution in [0.1, 0.15) is 35.3 Å². The second kappa shape index (κ2) is 11.8. The molecule has 1 unspecified atom stereocenters. The maximum absolute atomic E-state index is 12.9. The second-order valence-electron chi connectivity index (χ2n) is 8.87. The van der Waals surface area contributed by atoms with Crippen molar-refractivity contribution in [1.82, 2.24) is 15.3 Å². The fourth-order valence-electron chi connectivity index (χ4n) is 3.98. The van der Waals surface area contributed by atoms with Gasteiger partial charge in [-0.15, -0.1) is 0 Å². The molecule has 0 spiro atoms. The second-order valence-corrected chi connectivity index (χ2v) is 10.1. The Kier molecular flexibility index (Phi) is 8.54. The molecule has 0 radical (unpaired) electrons. The summed E-state index contributed by atoms with van der Waals surface area (Å²) in [7, 11) is 0. The fraction of sp³-hybridized carbons (Fsp3) is 0.179. The van der Waals surface area contributed by atoms with E-state index >= 15 is 0 Å². The van der Waals surface area contributed by atoms with Crippen LogP contribution in [0.5, 0.6) is 0 Å². The first-order chi connectivity index (χ1) is 17.7. The van der Waals surface area contributed by atoms with Crippen molar-refractivity contribution in [3.05, 3.63) is 105 Å². The molecule has 0 saturated heterocycles. The third-order valence-electron chi connectivity index (χ3n) is 5.91. The van der Waals surface area contributed by atoms with Crippen LogP contribution in [0.3, 0.4) is 0 Å². The number of para-hydroxylation sites is 1. The van der Waals surface area contributed by atoms with Crippen LogP contribution in [0.15, 0.2) is 78.0 Å². The van der Waals surface area contributed by atoms with Gasteiger partial charge in [0.25, 0.3) is 11.8 Å². The van der Waals surface area contributed by atoms with E-state index in [2.05, 4.69) is 20.4 Å². The monoisotopic (exact) mass is 554 g/mol. The van der Waals surface area contributed by atoms with Gasteiger partial charge in [0.05, 0.1) is 16.8 Å². The largest absolute Gasteiger partial charge is 0.342 e. The van der Waals surface area contributed by atoms with Gasteiger partial charge in [-0.05, 0) is 41.8 Å². The molecule has 2 amide bonds. The highest BCUT2D eigenvalue weighted by Gasteiger charge is 2.25. The third-order valence-corrected chi connectivity index (χ3v) is 6.82. The molecular formula is C28H25Cl3N4O2. The summed E-state index contributed by atoms with van der Waals surface area (Å²) in [6, 6.07) is 19.2. The van der Waals surface area contributed by atoms with E-state index in [9.17, 15) is 9.59 Å². The summed E-state index contributed by atoms with van der Waals surface area (Å²) < 4.78 is 2.06.